The quantitative estimate of drug-likeness (QED) is 0.766. The second-order valence-electron chi connectivity index (χ2n) is 7.30. The average molecular weight is 324 g/mol. The lowest BCUT2D eigenvalue weighted by Gasteiger charge is -2.35. The number of nitrogens with one attached hydrogen (secondary N) is 2. The van der Waals surface area contributed by atoms with E-state index < -0.39 is 0 Å². The second-order valence-corrected chi connectivity index (χ2v) is 7.30. The highest BCUT2D eigenvalue weighted by Crippen LogP contribution is 2.22. The van der Waals surface area contributed by atoms with Crippen LogP contribution in [0, 0.1) is 0 Å². The maximum Gasteiger partial charge on any atom is 0.314 e. The molecule has 23 heavy (non-hydrogen) atoms. The van der Waals surface area contributed by atoms with Crippen molar-refractivity contribution in [3.8, 4) is 0 Å². The summed E-state index contributed by atoms with van der Waals surface area (Å²) < 4.78 is 5.86. The zero-order valence-electron chi connectivity index (χ0n) is 14.4. The van der Waals surface area contributed by atoms with E-state index >= 15 is 0 Å². The van der Waals surface area contributed by atoms with Crippen molar-refractivity contribution in [1.82, 2.24) is 20.4 Å². The monoisotopic (exact) mass is 324 g/mol. The first-order valence-electron chi connectivity index (χ1n) is 9.30. The smallest absolute Gasteiger partial charge is 0.314 e. The summed E-state index contributed by atoms with van der Waals surface area (Å²) in [6, 6.07) is 1.26. The van der Waals surface area contributed by atoms with Gasteiger partial charge in [0.1, 0.15) is 0 Å². The normalized spacial score (nSPS) is 29.0. The first-order valence-corrected chi connectivity index (χ1v) is 9.30. The van der Waals surface area contributed by atoms with Crippen molar-refractivity contribution < 1.29 is 9.53 Å². The zero-order chi connectivity index (χ0) is 16.1. The number of hydrogen-bond acceptors (Lipinski definition) is 4. The molecule has 1 saturated carbocycles. The Bertz CT molecular complexity index is 387. The molecule has 132 valence electrons. The Morgan fingerprint density at radius 1 is 1.22 bits per heavy atom. The molecule has 0 radical (unpaired) electrons. The minimum Gasteiger partial charge on any atom is -0.373 e. The second kappa shape index (κ2) is 8.31. The van der Waals surface area contributed by atoms with Crippen LogP contribution in [-0.4, -0.2) is 80.4 Å². The van der Waals surface area contributed by atoms with Gasteiger partial charge in [-0.15, -0.1) is 0 Å². The Labute approximate surface area is 139 Å². The SMILES string of the molecule is CN(CCNC(=O)NC[C@@H]1CN2CCC[C@@H]2CO1)C1CCCC1. The number of amides is 2. The molecule has 3 aliphatic rings. The van der Waals surface area contributed by atoms with E-state index in [1.165, 1.54) is 45.1 Å². The summed E-state index contributed by atoms with van der Waals surface area (Å²) in [7, 11) is 2.16. The van der Waals surface area contributed by atoms with E-state index in [2.05, 4.69) is 27.5 Å². The van der Waals surface area contributed by atoms with E-state index in [1.54, 1.807) is 0 Å². The Kier molecular flexibility index (Phi) is 6.14. The molecule has 1 aliphatic carbocycles. The Hall–Kier alpha value is -0.850. The third-order valence-corrected chi connectivity index (χ3v) is 5.65. The molecule has 6 nitrogen and oxygen atoms in total. The summed E-state index contributed by atoms with van der Waals surface area (Å²) in [5.74, 6) is 0. The van der Waals surface area contributed by atoms with Crippen LogP contribution in [0.1, 0.15) is 38.5 Å². The molecule has 0 spiro atoms. The third kappa shape index (κ3) is 4.81. The van der Waals surface area contributed by atoms with Crippen LogP contribution in [0.15, 0.2) is 0 Å². The van der Waals surface area contributed by atoms with Gasteiger partial charge in [0.15, 0.2) is 0 Å². The number of hydrogen-bond donors (Lipinski definition) is 2. The van der Waals surface area contributed by atoms with Crippen molar-refractivity contribution in [3.63, 3.8) is 0 Å². The van der Waals surface area contributed by atoms with Crippen molar-refractivity contribution in [1.29, 1.82) is 0 Å². The molecule has 2 amide bonds. The van der Waals surface area contributed by atoms with Gasteiger partial charge in [0, 0.05) is 38.3 Å². The fourth-order valence-corrected chi connectivity index (χ4v) is 4.15. The molecule has 3 rings (SSSR count). The fourth-order valence-electron chi connectivity index (χ4n) is 4.15. The van der Waals surface area contributed by atoms with Gasteiger partial charge < -0.3 is 20.3 Å². The van der Waals surface area contributed by atoms with Crippen molar-refractivity contribution in [3.05, 3.63) is 0 Å². The van der Waals surface area contributed by atoms with Crippen molar-refractivity contribution in [2.45, 2.75) is 56.7 Å². The molecule has 2 N–H and O–H groups in total. The first-order chi connectivity index (χ1) is 11.2. The van der Waals surface area contributed by atoms with Crippen LogP contribution in [0.25, 0.3) is 0 Å². The molecule has 0 aromatic rings. The van der Waals surface area contributed by atoms with Crippen LogP contribution in [0.2, 0.25) is 0 Å². The highest BCUT2D eigenvalue weighted by Gasteiger charge is 2.32. The van der Waals surface area contributed by atoms with Crippen LogP contribution in [0.3, 0.4) is 0 Å². The average Bonchev–Trinajstić information content (AvgIpc) is 3.23. The fraction of sp³-hybridized carbons (Fsp3) is 0.941. The van der Waals surface area contributed by atoms with Crippen molar-refractivity contribution in [2.75, 3.05) is 46.4 Å². The molecule has 6 heteroatoms. The number of carbonyl (C=O) groups excluding carboxylic acids is 1. The van der Waals surface area contributed by atoms with E-state index in [-0.39, 0.29) is 12.1 Å². The number of fused-ring (bicyclic) bond motifs is 1. The van der Waals surface area contributed by atoms with Crippen LogP contribution in [0.4, 0.5) is 4.79 Å². The molecule has 2 atom stereocenters. The van der Waals surface area contributed by atoms with Gasteiger partial charge in [-0.2, -0.15) is 0 Å². The summed E-state index contributed by atoms with van der Waals surface area (Å²) in [5.41, 5.74) is 0. The van der Waals surface area contributed by atoms with Crippen LogP contribution in [0.5, 0.6) is 0 Å². The minimum absolute atomic E-state index is 0.0723. The van der Waals surface area contributed by atoms with Gasteiger partial charge in [-0.25, -0.2) is 4.79 Å². The number of rotatable bonds is 6. The van der Waals surface area contributed by atoms with Gasteiger partial charge in [-0.3, -0.25) is 4.90 Å². The predicted octanol–water partition coefficient (Wildman–Crippen LogP) is 1.02. The first kappa shape index (κ1) is 17.0. The Morgan fingerprint density at radius 2 is 2.04 bits per heavy atom. The standard InChI is InChI=1S/C17H32N4O2/c1-20(14-5-2-3-6-14)10-8-18-17(22)19-11-16-12-21-9-4-7-15(21)13-23-16/h14-16H,2-13H2,1H3,(H2,18,19,22)/t15-,16-/m1/s1. The molecule has 0 aromatic heterocycles. The van der Waals surface area contributed by atoms with Crippen molar-refractivity contribution >= 4 is 6.03 Å². The number of morpholine rings is 1. The Morgan fingerprint density at radius 3 is 2.87 bits per heavy atom. The topological polar surface area (TPSA) is 56.8 Å². The minimum atomic E-state index is -0.0723. The lowest BCUT2D eigenvalue weighted by molar-refractivity contribution is -0.0457. The van der Waals surface area contributed by atoms with E-state index in [1.807, 2.05) is 0 Å². The van der Waals surface area contributed by atoms with Crippen molar-refractivity contribution in [2.24, 2.45) is 0 Å². The summed E-state index contributed by atoms with van der Waals surface area (Å²) in [5, 5.41) is 5.92. The molecular weight excluding hydrogens is 292 g/mol. The van der Waals surface area contributed by atoms with Gasteiger partial charge in [-0.05, 0) is 39.3 Å². The van der Waals surface area contributed by atoms with Crippen LogP contribution >= 0.6 is 0 Å². The molecule has 0 unspecified atom stereocenters. The molecule has 0 bridgehead atoms. The number of nitrogens with zero attached hydrogens (tertiary/aromatic N) is 2. The van der Waals surface area contributed by atoms with E-state index in [4.69, 9.17) is 4.74 Å². The van der Waals surface area contributed by atoms with Gasteiger partial charge >= 0.3 is 6.03 Å². The maximum absolute atomic E-state index is 11.9. The van der Waals surface area contributed by atoms with Gasteiger partial charge in [0.05, 0.1) is 12.7 Å². The Balaban J connectivity index is 1.26. The molecule has 2 saturated heterocycles. The van der Waals surface area contributed by atoms with Gasteiger partial charge in [-0.1, -0.05) is 12.8 Å². The molecule has 2 aliphatic heterocycles. The van der Waals surface area contributed by atoms with Gasteiger partial charge in [0.25, 0.3) is 0 Å². The summed E-state index contributed by atoms with van der Waals surface area (Å²) >= 11 is 0. The summed E-state index contributed by atoms with van der Waals surface area (Å²) in [6.07, 6.45) is 7.98. The zero-order valence-corrected chi connectivity index (χ0v) is 14.4. The molecular formula is C17H32N4O2. The van der Waals surface area contributed by atoms with Crippen LogP contribution in [-0.2, 0) is 4.74 Å². The molecule has 0 aromatic carbocycles. The third-order valence-electron chi connectivity index (χ3n) is 5.65. The number of ether oxygens (including phenoxy) is 1. The van der Waals surface area contributed by atoms with E-state index in [0.29, 0.717) is 25.2 Å². The maximum atomic E-state index is 11.9. The largest absolute Gasteiger partial charge is 0.373 e. The predicted molar refractivity (Wildman–Crippen MR) is 90.6 cm³/mol. The number of urea groups is 1. The lowest BCUT2D eigenvalue weighted by atomic mass is 10.2. The number of carbonyl (C=O) groups is 1. The van der Waals surface area contributed by atoms with E-state index in [0.717, 1.165) is 19.7 Å². The lowest BCUT2D eigenvalue weighted by Crippen LogP contribution is -2.51. The molecule has 3 fully saturated rings. The van der Waals surface area contributed by atoms with Gasteiger partial charge in [0.2, 0.25) is 0 Å². The summed E-state index contributed by atoms with van der Waals surface area (Å²) in [6.45, 7) is 5.19. The number of likely N-dealkylation sites (N-methyl/N-ethyl adjacent to an activating group) is 1. The van der Waals surface area contributed by atoms with Crippen LogP contribution < -0.4 is 10.6 Å². The highest BCUT2D eigenvalue weighted by molar-refractivity contribution is 5.73. The highest BCUT2D eigenvalue weighted by atomic mass is 16.5. The summed E-state index contributed by atoms with van der Waals surface area (Å²) in [4.78, 5) is 16.8. The molecule has 2 heterocycles. The van der Waals surface area contributed by atoms with E-state index in [9.17, 15) is 4.79 Å².